The Morgan fingerprint density at radius 2 is 1.90 bits per heavy atom. The molecule has 3 aromatic rings. The molecule has 1 N–H and O–H groups in total. The molecular formula is C17H15Cl2F3N6O. The van der Waals surface area contributed by atoms with Crippen molar-refractivity contribution in [2.24, 2.45) is 0 Å². The van der Waals surface area contributed by atoms with Crippen LogP contribution in [0.25, 0.3) is 0 Å². The molecule has 0 fully saturated rings. The van der Waals surface area contributed by atoms with Gasteiger partial charge in [0.05, 0.1) is 6.54 Å². The molecule has 0 spiro atoms. The first kappa shape index (κ1) is 21.1. The second-order valence-electron chi connectivity index (χ2n) is 6.16. The molecule has 154 valence electrons. The van der Waals surface area contributed by atoms with E-state index >= 15 is 0 Å². The molecule has 0 saturated carbocycles. The number of nitrogens with zero attached hydrogens (tertiary/aromatic N) is 5. The first-order chi connectivity index (χ1) is 13.6. The van der Waals surface area contributed by atoms with Gasteiger partial charge in [0.1, 0.15) is 6.33 Å². The molecular weight excluding hydrogens is 432 g/mol. The zero-order chi connectivity index (χ0) is 21.2. The predicted octanol–water partition coefficient (Wildman–Crippen LogP) is 4.19. The van der Waals surface area contributed by atoms with Gasteiger partial charge in [-0.15, -0.1) is 5.10 Å². The topological polar surface area (TPSA) is 77.6 Å². The predicted molar refractivity (Wildman–Crippen MR) is 101 cm³/mol. The summed E-state index contributed by atoms with van der Waals surface area (Å²) in [6.07, 6.45) is -3.22. The molecule has 1 amide bonds. The van der Waals surface area contributed by atoms with E-state index in [4.69, 9.17) is 23.2 Å². The Kier molecular flexibility index (Phi) is 6.13. The van der Waals surface area contributed by atoms with Gasteiger partial charge in [0, 0.05) is 34.3 Å². The summed E-state index contributed by atoms with van der Waals surface area (Å²) in [5.74, 6) is -0.395. The summed E-state index contributed by atoms with van der Waals surface area (Å²) in [4.78, 5) is 16.1. The fraction of sp³-hybridized carbons (Fsp3) is 0.294. The molecule has 0 saturated heterocycles. The molecule has 2 aromatic heterocycles. The Morgan fingerprint density at radius 3 is 2.52 bits per heavy atom. The lowest BCUT2D eigenvalue weighted by atomic mass is 10.2. The highest BCUT2D eigenvalue weighted by Crippen LogP contribution is 2.28. The van der Waals surface area contributed by atoms with Crippen molar-refractivity contribution in [2.75, 3.05) is 5.32 Å². The highest BCUT2D eigenvalue weighted by molar-refractivity contribution is 6.35. The van der Waals surface area contributed by atoms with E-state index in [9.17, 15) is 18.0 Å². The maximum absolute atomic E-state index is 12.7. The van der Waals surface area contributed by atoms with Crippen LogP contribution in [0.3, 0.4) is 0 Å². The monoisotopic (exact) mass is 446 g/mol. The zero-order valence-electron chi connectivity index (χ0n) is 15.0. The van der Waals surface area contributed by atoms with Gasteiger partial charge in [0.25, 0.3) is 0 Å². The summed E-state index contributed by atoms with van der Waals surface area (Å²) < 4.78 is 40.6. The Balaban J connectivity index is 1.58. The molecule has 0 unspecified atom stereocenters. The lowest BCUT2D eigenvalue weighted by molar-refractivity contribution is -0.141. The lowest BCUT2D eigenvalue weighted by Crippen LogP contribution is -2.17. The number of carbonyl (C=O) groups is 1. The van der Waals surface area contributed by atoms with Crippen LogP contribution in [0.4, 0.5) is 19.1 Å². The fourth-order valence-corrected chi connectivity index (χ4v) is 3.06. The van der Waals surface area contributed by atoms with Gasteiger partial charge in [-0.05, 0) is 25.1 Å². The highest BCUT2D eigenvalue weighted by Gasteiger charge is 2.34. The van der Waals surface area contributed by atoms with Crippen LogP contribution in [0.5, 0.6) is 0 Å². The van der Waals surface area contributed by atoms with Crippen molar-refractivity contribution in [1.29, 1.82) is 0 Å². The van der Waals surface area contributed by atoms with Crippen LogP contribution in [0.15, 0.2) is 30.6 Å². The van der Waals surface area contributed by atoms with Crippen molar-refractivity contribution in [3.05, 3.63) is 57.6 Å². The average molecular weight is 447 g/mol. The van der Waals surface area contributed by atoms with Crippen LogP contribution in [0.2, 0.25) is 10.0 Å². The number of halogens is 5. The summed E-state index contributed by atoms with van der Waals surface area (Å²) >= 11 is 12.2. The maximum atomic E-state index is 12.7. The van der Waals surface area contributed by atoms with E-state index in [2.05, 4.69) is 20.5 Å². The van der Waals surface area contributed by atoms with E-state index in [1.807, 2.05) is 0 Å². The van der Waals surface area contributed by atoms with Crippen LogP contribution < -0.4 is 5.32 Å². The van der Waals surface area contributed by atoms with Gasteiger partial charge >= 0.3 is 6.18 Å². The van der Waals surface area contributed by atoms with Gasteiger partial charge in [0.15, 0.2) is 5.69 Å². The van der Waals surface area contributed by atoms with Gasteiger partial charge in [-0.2, -0.15) is 18.3 Å². The molecule has 2 heterocycles. The third-order valence-corrected chi connectivity index (χ3v) is 4.70. The summed E-state index contributed by atoms with van der Waals surface area (Å²) in [5, 5.41) is 11.0. The Bertz CT molecular complexity index is 1010. The molecule has 0 radical (unpaired) electrons. The second-order valence-corrected chi connectivity index (χ2v) is 6.97. The van der Waals surface area contributed by atoms with Gasteiger partial charge < -0.3 is 0 Å². The van der Waals surface area contributed by atoms with E-state index in [0.717, 1.165) is 10.7 Å². The summed E-state index contributed by atoms with van der Waals surface area (Å²) in [6.45, 7) is 1.74. The molecule has 0 aliphatic heterocycles. The van der Waals surface area contributed by atoms with Crippen molar-refractivity contribution in [1.82, 2.24) is 24.5 Å². The summed E-state index contributed by atoms with van der Waals surface area (Å²) in [6, 6.07) is 6.05. The Hall–Kier alpha value is -2.59. The van der Waals surface area contributed by atoms with Gasteiger partial charge in [-0.3, -0.25) is 14.8 Å². The zero-order valence-corrected chi connectivity index (χ0v) is 16.6. The van der Waals surface area contributed by atoms with Gasteiger partial charge in [0.2, 0.25) is 11.9 Å². The normalized spacial score (nSPS) is 11.7. The van der Waals surface area contributed by atoms with Crippen LogP contribution in [0.1, 0.15) is 23.4 Å². The highest BCUT2D eigenvalue weighted by atomic mass is 35.5. The number of alkyl halides is 3. The first-order valence-corrected chi connectivity index (χ1v) is 9.13. The van der Waals surface area contributed by atoms with Crippen molar-refractivity contribution < 1.29 is 18.0 Å². The third-order valence-electron chi connectivity index (χ3n) is 3.99. The van der Waals surface area contributed by atoms with E-state index in [1.54, 1.807) is 18.2 Å². The Morgan fingerprint density at radius 1 is 1.21 bits per heavy atom. The Labute approximate surface area is 173 Å². The van der Waals surface area contributed by atoms with Gasteiger partial charge in [-0.1, -0.05) is 29.3 Å². The standard InChI is InChI=1S/C17H15Cl2F3N6O/c1-10-7-14(17(20,21)22)25-28(10)6-5-15(29)24-16-23-9-27(26-16)8-11-12(18)3-2-4-13(11)19/h2-4,7,9H,5-6,8H2,1H3,(H,24,26,29). The minimum Gasteiger partial charge on any atom is -0.293 e. The van der Waals surface area contributed by atoms with Gasteiger partial charge in [-0.25, -0.2) is 9.67 Å². The fourth-order valence-electron chi connectivity index (χ4n) is 2.54. The number of amides is 1. The molecule has 12 heteroatoms. The van der Waals surface area contributed by atoms with Crippen molar-refractivity contribution in [3.8, 4) is 0 Å². The molecule has 0 aliphatic carbocycles. The second kappa shape index (κ2) is 8.42. The maximum Gasteiger partial charge on any atom is 0.435 e. The number of benzene rings is 1. The number of nitrogens with one attached hydrogen (secondary N) is 1. The third kappa shape index (κ3) is 5.27. The average Bonchev–Trinajstić information content (AvgIpc) is 3.22. The molecule has 0 bridgehead atoms. The lowest BCUT2D eigenvalue weighted by Gasteiger charge is -2.06. The minimum absolute atomic E-state index is 0.0102. The molecule has 0 aliphatic rings. The minimum atomic E-state index is -4.53. The van der Waals surface area contributed by atoms with E-state index < -0.39 is 17.8 Å². The molecule has 1 aromatic carbocycles. The van der Waals surface area contributed by atoms with Crippen molar-refractivity contribution in [2.45, 2.75) is 32.6 Å². The molecule has 0 atom stereocenters. The van der Waals surface area contributed by atoms with Crippen molar-refractivity contribution >= 4 is 35.1 Å². The number of anilines is 1. The molecule has 3 rings (SSSR count). The largest absolute Gasteiger partial charge is 0.435 e. The number of rotatable bonds is 6. The smallest absolute Gasteiger partial charge is 0.293 e. The quantitative estimate of drug-likeness (QED) is 0.615. The van der Waals surface area contributed by atoms with Crippen LogP contribution >= 0.6 is 23.2 Å². The first-order valence-electron chi connectivity index (χ1n) is 8.37. The number of aromatic nitrogens is 5. The van der Waals surface area contributed by atoms with E-state index in [1.165, 1.54) is 17.9 Å². The number of aryl methyl sites for hydroxylation is 2. The van der Waals surface area contributed by atoms with E-state index in [-0.39, 0.29) is 25.5 Å². The van der Waals surface area contributed by atoms with Crippen molar-refractivity contribution in [3.63, 3.8) is 0 Å². The number of hydrogen-bond acceptors (Lipinski definition) is 4. The van der Waals surface area contributed by atoms with Crippen LogP contribution in [0, 0.1) is 6.92 Å². The van der Waals surface area contributed by atoms with E-state index in [0.29, 0.717) is 21.3 Å². The summed E-state index contributed by atoms with van der Waals surface area (Å²) in [7, 11) is 0. The van der Waals surface area contributed by atoms with Crippen LogP contribution in [-0.4, -0.2) is 30.5 Å². The number of hydrogen-bond donors (Lipinski definition) is 1. The molecule has 7 nitrogen and oxygen atoms in total. The summed E-state index contributed by atoms with van der Waals surface area (Å²) in [5.41, 5.74) is -0.0218. The molecule has 29 heavy (non-hydrogen) atoms. The SMILES string of the molecule is Cc1cc(C(F)(F)F)nn1CCC(=O)Nc1ncn(Cc2c(Cl)cccc2Cl)n1. The number of carbonyl (C=O) groups excluding carboxylic acids is 1. The van der Waals surface area contributed by atoms with Crippen LogP contribution in [-0.2, 0) is 24.1 Å².